The number of nitrogens with zero attached hydrogens (tertiary/aromatic N) is 3. The quantitative estimate of drug-likeness (QED) is 0.550. The summed E-state index contributed by atoms with van der Waals surface area (Å²) in [6, 6.07) is 16.4. The van der Waals surface area contributed by atoms with Crippen molar-refractivity contribution in [2.24, 2.45) is 0 Å². The highest BCUT2D eigenvalue weighted by Gasteiger charge is 2.23. The zero-order valence-electron chi connectivity index (χ0n) is 17.8. The molecule has 0 aliphatic heterocycles. The number of carboxylic acid groups (broad SMARTS) is 1. The standard InChI is InChI=1S/C23H25N3O2.CH2O2/c1-17-6-3-8-19(14-17)26(16-18-7-5-13-24-15-18)22-12-11-21(27-2)23(25-22)28-20-9-4-10-20;2-1-3/h3,5-8,11-15,20H,4,9-10,16H2,1-2H3;1H,(H,2,3). The molecule has 7 nitrogen and oxygen atoms in total. The molecule has 162 valence electrons. The van der Waals surface area contributed by atoms with Gasteiger partial charge < -0.3 is 19.5 Å². The van der Waals surface area contributed by atoms with Crippen LogP contribution in [0.3, 0.4) is 0 Å². The molecule has 0 radical (unpaired) electrons. The first-order valence-electron chi connectivity index (χ1n) is 10.2. The van der Waals surface area contributed by atoms with Crippen LogP contribution in [0.1, 0.15) is 30.4 Å². The summed E-state index contributed by atoms with van der Waals surface area (Å²) in [5, 5.41) is 6.89. The predicted octanol–water partition coefficient (Wildman–Crippen LogP) is 4.76. The summed E-state index contributed by atoms with van der Waals surface area (Å²) < 4.78 is 11.6. The average molecular weight is 421 g/mol. The smallest absolute Gasteiger partial charge is 0.290 e. The molecule has 7 heteroatoms. The van der Waals surface area contributed by atoms with E-state index in [-0.39, 0.29) is 12.6 Å². The van der Waals surface area contributed by atoms with E-state index in [9.17, 15) is 0 Å². The molecule has 0 atom stereocenters. The van der Waals surface area contributed by atoms with Gasteiger partial charge in [-0.25, -0.2) is 0 Å². The number of aromatic nitrogens is 2. The first kappa shape index (κ1) is 22.1. The minimum atomic E-state index is -0.250. The summed E-state index contributed by atoms with van der Waals surface area (Å²) in [5.41, 5.74) is 3.40. The lowest BCUT2D eigenvalue weighted by Gasteiger charge is -2.28. The van der Waals surface area contributed by atoms with Gasteiger partial charge in [0, 0.05) is 18.1 Å². The van der Waals surface area contributed by atoms with Gasteiger partial charge in [-0.05, 0) is 67.6 Å². The van der Waals surface area contributed by atoms with Gasteiger partial charge in [0.25, 0.3) is 12.4 Å². The van der Waals surface area contributed by atoms with Crippen LogP contribution in [0.5, 0.6) is 11.6 Å². The van der Waals surface area contributed by atoms with Crippen LogP contribution >= 0.6 is 0 Å². The minimum Gasteiger partial charge on any atom is -0.491 e. The van der Waals surface area contributed by atoms with Crippen LogP contribution in [0.15, 0.2) is 60.9 Å². The van der Waals surface area contributed by atoms with Crippen molar-refractivity contribution in [3.63, 3.8) is 0 Å². The molecule has 1 aliphatic carbocycles. The van der Waals surface area contributed by atoms with Gasteiger partial charge in [-0.1, -0.05) is 18.2 Å². The van der Waals surface area contributed by atoms with Crippen LogP contribution in [0.4, 0.5) is 11.5 Å². The first-order valence-corrected chi connectivity index (χ1v) is 10.2. The Labute approximate surface area is 182 Å². The summed E-state index contributed by atoms with van der Waals surface area (Å²) in [7, 11) is 1.65. The van der Waals surface area contributed by atoms with E-state index >= 15 is 0 Å². The van der Waals surface area contributed by atoms with Gasteiger partial charge in [0.05, 0.1) is 13.7 Å². The Morgan fingerprint density at radius 1 is 1.19 bits per heavy atom. The molecule has 0 amide bonds. The molecule has 1 aromatic carbocycles. The highest BCUT2D eigenvalue weighted by atomic mass is 16.5. The maximum absolute atomic E-state index is 8.36. The highest BCUT2D eigenvalue weighted by Crippen LogP contribution is 2.35. The summed E-state index contributed by atoms with van der Waals surface area (Å²) in [4.78, 5) is 19.6. The normalized spacial score (nSPS) is 12.7. The third-order valence-corrected chi connectivity index (χ3v) is 5.01. The number of ether oxygens (including phenoxy) is 2. The van der Waals surface area contributed by atoms with Crippen molar-refractivity contribution >= 4 is 18.0 Å². The number of hydrogen-bond acceptors (Lipinski definition) is 6. The van der Waals surface area contributed by atoms with Crippen LogP contribution in [-0.4, -0.2) is 34.8 Å². The molecule has 1 N–H and O–H groups in total. The highest BCUT2D eigenvalue weighted by molar-refractivity contribution is 5.62. The van der Waals surface area contributed by atoms with E-state index in [1.165, 1.54) is 12.0 Å². The van der Waals surface area contributed by atoms with E-state index in [1.807, 2.05) is 24.4 Å². The van der Waals surface area contributed by atoms with Gasteiger partial charge in [-0.3, -0.25) is 9.78 Å². The molecular weight excluding hydrogens is 394 g/mol. The Bertz CT molecular complexity index is 978. The molecule has 3 aromatic rings. The van der Waals surface area contributed by atoms with Crippen molar-refractivity contribution in [2.45, 2.75) is 38.8 Å². The number of aryl methyl sites for hydroxylation is 1. The van der Waals surface area contributed by atoms with Crippen molar-refractivity contribution < 1.29 is 19.4 Å². The lowest BCUT2D eigenvalue weighted by Crippen LogP contribution is -2.25. The molecule has 4 rings (SSSR count). The fraction of sp³-hybridized carbons (Fsp3) is 0.292. The summed E-state index contributed by atoms with van der Waals surface area (Å²) in [5.74, 6) is 2.05. The molecule has 0 bridgehead atoms. The van der Waals surface area contributed by atoms with Gasteiger partial charge in [0.15, 0.2) is 5.75 Å². The second kappa shape index (κ2) is 11.0. The Hall–Kier alpha value is -3.61. The third-order valence-electron chi connectivity index (χ3n) is 5.01. The number of carbonyl (C=O) groups is 1. The van der Waals surface area contributed by atoms with Crippen LogP contribution in [0, 0.1) is 6.92 Å². The van der Waals surface area contributed by atoms with E-state index in [4.69, 9.17) is 24.4 Å². The minimum absolute atomic E-state index is 0.238. The molecular formula is C24H27N3O4. The van der Waals surface area contributed by atoms with Gasteiger partial charge in [0.1, 0.15) is 11.9 Å². The maximum atomic E-state index is 8.36. The number of anilines is 2. The number of rotatable bonds is 7. The van der Waals surface area contributed by atoms with Crippen LogP contribution < -0.4 is 14.4 Å². The molecule has 1 fully saturated rings. The van der Waals surface area contributed by atoms with Crippen LogP contribution in [-0.2, 0) is 11.3 Å². The third kappa shape index (κ3) is 5.94. The Balaban J connectivity index is 0.000000858. The number of methoxy groups -OCH3 is 1. The molecule has 0 spiro atoms. The Morgan fingerprint density at radius 3 is 2.61 bits per heavy atom. The fourth-order valence-corrected chi connectivity index (χ4v) is 3.23. The van der Waals surface area contributed by atoms with E-state index in [2.05, 4.69) is 47.1 Å². The Morgan fingerprint density at radius 2 is 2.00 bits per heavy atom. The van der Waals surface area contributed by atoms with Crippen molar-refractivity contribution in [1.82, 2.24) is 9.97 Å². The lowest BCUT2D eigenvalue weighted by molar-refractivity contribution is -0.122. The van der Waals surface area contributed by atoms with Gasteiger partial charge >= 0.3 is 0 Å². The van der Waals surface area contributed by atoms with Gasteiger partial charge in [-0.2, -0.15) is 4.98 Å². The molecule has 1 aliphatic rings. The predicted molar refractivity (Wildman–Crippen MR) is 119 cm³/mol. The lowest BCUT2D eigenvalue weighted by atomic mass is 9.96. The zero-order valence-corrected chi connectivity index (χ0v) is 17.8. The topological polar surface area (TPSA) is 84.8 Å². The second-order valence-corrected chi connectivity index (χ2v) is 7.24. The SMILES string of the molecule is COc1ccc(N(Cc2cccnc2)c2cccc(C)c2)nc1OC1CCC1.O=CO. The van der Waals surface area contributed by atoms with Crippen molar-refractivity contribution in [3.8, 4) is 11.6 Å². The molecule has 2 heterocycles. The van der Waals surface area contributed by atoms with Gasteiger partial charge in [-0.15, -0.1) is 0 Å². The second-order valence-electron chi connectivity index (χ2n) is 7.24. The monoisotopic (exact) mass is 421 g/mol. The van der Waals surface area contributed by atoms with Crippen molar-refractivity contribution in [2.75, 3.05) is 12.0 Å². The fourth-order valence-electron chi connectivity index (χ4n) is 3.23. The molecule has 1 saturated carbocycles. The first-order chi connectivity index (χ1) is 15.1. The molecule has 0 unspecified atom stereocenters. The zero-order chi connectivity index (χ0) is 22.1. The number of benzene rings is 1. The summed E-state index contributed by atoms with van der Waals surface area (Å²) >= 11 is 0. The van der Waals surface area contributed by atoms with E-state index in [0.717, 1.165) is 29.9 Å². The number of pyridine rings is 2. The molecule has 31 heavy (non-hydrogen) atoms. The maximum Gasteiger partial charge on any atom is 0.290 e. The Kier molecular flexibility index (Phi) is 7.81. The van der Waals surface area contributed by atoms with Crippen LogP contribution in [0.2, 0.25) is 0 Å². The summed E-state index contributed by atoms with van der Waals surface area (Å²) in [6.07, 6.45) is 7.28. The van der Waals surface area contributed by atoms with Crippen molar-refractivity contribution in [3.05, 3.63) is 72.1 Å². The largest absolute Gasteiger partial charge is 0.491 e. The molecule has 2 aromatic heterocycles. The molecule has 0 saturated heterocycles. The van der Waals surface area contributed by atoms with E-state index in [1.54, 1.807) is 13.3 Å². The van der Waals surface area contributed by atoms with Crippen LogP contribution in [0.25, 0.3) is 0 Å². The van der Waals surface area contributed by atoms with E-state index < -0.39 is 0 Å². The number of hydrogen-bond donors (Lipinski definition) is 1. The average Bonchev–Trinajstić information content (AvgIpc) is 2.76. The van der Waals surface area contributed by atoms with Crippen molar-refractivity contribution in [1.29, 1.82) is 0 Å². The van der Waals surface area contributed by atoms with Gasteiger partial charge in [0.2, 0.25) is 0 Å². The van der Waals surface area contributed by atoms with E-state index in [0.29, 0.717) is 18.2 Å². The summed E-state index contributed by atoms with van der Waals surface area (Å²) in [6.45, 7) is 2.51.